The fraction of sp³-hybridized carbons (Fsp3) is 0.500. The van der Waals surface area contributed by atoms with Gasteiger partial charge in [-0.15, -0.1) is 11.3 Å². The van der Waals surface area contributed by atoms with E-state index in [1.54, 1.807) is 17.1 Å². The minimum atomic E-state index is -1.75. The summed E-state index contributed by atoms with van der Waals surface area (Å²) in [6.07, 6.45) is 5.14. The van der Waals surface area contributed by atoms with E-state index in [0.717, 1.165) is 11.3 Å². The Bertz CT molecular complexity index is 753. The first-order valence-corrected chi connectivity index (χ1v) is 9.79. The molecule has 8 heteroatoms. The molecule has 0 radical (unpaired) electrons. The van der Waals surface area contributed by atoms with E-state index in [4.69, 9.17) is 11.6 Å². The Morgan fingerprint density at radius 3 is 2.58 bits per heavy atom. The van der Waals surface area contributed by atoms with E-state index in [2.05, 4.69) is 4.99 Å². The molecule has 2 unspecified atom stereocenters. The summed E-state index contributed by atoms with van der Waals surface area (Å²) in [5.41, 5.74) is -1.46. The number of thiophene rings is 1. The predicted molar refractivity (Wildman–Crippen MR) is 101 cm³/mol. The number of hydrogen-bond donors (Lipinski definition) is 2. The van der Waals surface area contributed by atoms with Crippen molar-refractivity contribution < 1.29 is 19.8 Å². The highest BCUT2D eigenvalue weighted by Gasteiger charge is 2.66. The van der Waals surface area contributed by atoms with E-state index in [9.17, 15) is 19.8 Å². The van der Waals surface area contributed by atoms with E-state index >= 15 is 0 Å². The number of rotatable bonds is 7. The van der Waals surface area contributed by atoms with Gasteiger partial charge in [-0.05, 0) is 30.7 Å². The lowest BCUT2D eigenvalue weighted by Gasteiger charge is -2.40. The summed E-state index contributed by atoms with van der Waals surface area (Å²) in [6, 6.07) is 2.59. The van der Waals surface area contributed by atoms with Crippen molar-refractivity contribution in [3.8, 4) is 0 Å². The number of halogens is 1. The van der Waals surface area contributed by atoms with Crippen LogP contribution in [0.3, 0.4) is 0 Å². The summed E-state index contributed by atoms with van der Waals surface area (Å²) < 4.78 is 0. The van der Waals surface area contributed by atoms with Crippen molar-refractivity contribution in [3.63, 3.8) is 0 Å². The first-order valence-electron chi connectivity index (χ1n) is 8.53. The van der Waals surface area contributed by atoms with Gasteiger partial charge in [-0.2, -0.15) is 0 Å². The van der Waals surface area contributed by atoms with E-state index in [1.165, 1.54) is 11.3 Å². The van der Waals surface area contributed by atoms with Crippen molar-refractivity contribution in [2.75, 3.05) is 0 Å². The van der Waals surface area contributed by atoms with Gasteiger partial charge in [0.1, 0.15) is 11.3 Å². The largest absolute Gasteiger partial charge is 0.481 e. The van der Waals surface area contributed by atoms with Crippen LogP contribution in [-0.2, 0) is 16.1 Å². The first kappa shape index (κ1) is 18.9. The number of aliphatic carboxylic acids is 2. The number of alkyl halides is 1. The second kappa shape index (κ2) is 7.04. The molecule has 1 aliphatic heterocycles. The molecule has 2 N–H and O–H groups in total. The van der Waals surface area contributed by atoms with Crippen LogP contribution in [0.15, 0.2) is 34.7 Å². The lowest BCUT2D eigenvalue weighted by Crippen LogP contribution is -2.59. The maximum absolute atomic E-state index is 12.2. The third kappa shape index (κ3) is 2.83. The van der Waals surface area contributed by atoms with Gasteiger partial charge >= 0.3 is 11.9 Å². The zero-order chi connectivity index (χ0) is 18.9. The molecular formula is C18H21ClN2O4S. The minimum absolute atomic E-state index is 0.172. The standard InChI is InChI=1S/C18H21ClN2O4S/c1-2-6-13-20-18(19,17(16(24)25)8-3-4-9-17)14(15(22)23)21(13)11-12-7-5-10-26-12/h3-5,7,10,14H,2,6,8-9,11H2,1H3,(H,22,23)(H,24,25). The van der Waals surface area contributed by atoms with Crippen molar-refractivity contribution in [2.45, 2.75) is 50.2 Å². The van der Waals surface area contributed by atoms with Crippen LogP contribution in [0.5, 0.6) is 0 Å². The normalized spacial score (nSPS) is 26.9. The second-order valence-electron chi connectivity index (χ2n) is 6.67. The third-order valence-corrected chi connectivity index (χ3v) is 6.61. The smallest absolute Gasteiger partial charge is 0.330 e. The van der Waals surface area contributed by atoms with Gasteiger partial charge in [-0.3, -0.25) is 4.79 Å². The second-order valence-corrected chi connectivity index (χ2v) is 8.27. The van der Waals surface area contributed by atoms with Gasteiger partial charge in [0.15, 0.2) is 11.0 Å². The van der Waals surface area contributed by atoms with Crippen molar-refractivity contribution in [3.05, 3.63) is 34.5 Å². The monoisotopic (exact) mass is 396 g/mol. The van der Waals surface area contributed by atoms with E-state index in [0.29, 0.717) is 18.8 Å². The summed E-state index contributed by atoms with van der Waals surface area (Å²) in [4.78, 5) is 29.8. The Balaban J connectivity index is 2.08. The fourth-order valence-corrected chi connectivity index (χ4v) is 5.02. The highest BCUT2D eigenvalue weighted by molar-refractivity contribution is 7.09. The van der Waals surface area contributed by atoms with E-state index in [-0.39, 0.29) is 12.8 Å². The molecule has 1 aliphatic carbocycles. The zero-order valence-corrected chi connectivity index (χ0v) is 16.0. The molecule has 2 atom stereocenters. The van der Waals surface area contributed by atoms with Crippen LogP contribution in [0.4, 0.5) is 0 Å². The molecule has 0 bridgehead atoms. The van der Waals surface area contributed by atoms with E-state index < -0.39 is 28.4 Å². The third-order valence-electron chi connectivity index (χ3n) is 5.09. The van der Waals surface area contributed by atoms with E-state index in [1.807, 2.05) is 24.4 Å². The molecule has 0 saturated carbocycles. The summed E-state index contributed by atoms with van der Waals surface area (Å²) in [5, 5.41) is 21.8. The van der Waals surface area contributed by atoms with Gasteiger partial charge in [0.2, 0.25) is 0 Å². The average Bonchev–Trinajstić information content (AvgIpc) is 3.29. The highest BCUT2D eigenvalue weighted by Crippen LogP contribution is 2.54. The van der Waals surface area contributed by atoms with Crippen LogP contribution in [-0.4, -0.2) is 43.9 Å². The van der Waals surface area contributed by atoms with Crippen LogP contribution in [0.25, 0.3) is 0 Å². The minimum Gasteiger partial charge on any atom is -0.481 e. The maximum atomic E-state index is 12.2. The number of carbonyl (C=O) groups is 2. The number of hydrogen-bond acceptors (Lipinski definition) is 5. The summed E-state index contributed by atoms with van der Waals surface area (Å²) in [7, 11) is 0. The van der Waals surface area contributed by atoms with Crippen molar-refractivity contribution in [1.29, 1.82) is 0 Å². The Morgan fingerprint density at radius 2 is 2.08 bits per heavy atom. The lowest BCUT2D eigenvalue weighted by molar-refractivity contribution is -0.154. The quantitative estimate of drug-likeness (QED) is 0.417. The Kier molecular flexibility index (Phi) is 5.12. The molecule has 2 heterocycles. The number of allylic oxidation sites excluding steroid dienone is 2. The SMILES string of the molecule is CCCC1=NC(Cl)(C2(C(=O)O)CC=CC2)C(C(=O)O)N1Cc1cccs1. The molecule has 1 aromatic heterocycles. The number of carboxylic acids is 2. The van der Waals surface area contributed by atoms with Gasteiger partial charge < -0.3 is 15.1 Å². The number of nitrogens with zero attached hydrogens (tertiary/aromatic N) is 2. The molecule has 3 rings (SSSR count). The molecule has 0 amide bonds. The molecule has 0 fully saturated rings. The molecule has 1 aromatic rings. The molecule has 140 valence electrons. The number of carboxylic acid groups (broad SMARTS) is 2. The molecule has 26 heavy (non-hydrogen) atoms. The summed E-state index contributed by atoms with van der Waals surface area (Å²) in [6.45, 7) is 2.32. The van der Waals surface area contributed by atoms with Crippen LogP contribution < -0.4 is 0 Å². The Morgan fingerprint density at radius 1 is 1.38 bits per heavy atom. The average molecular weight is 397 g/mol. The predicted octanol–water partition coefficient (Wildman–Crippen LogP) is 3.57. The lowest BCUT2D eigenvalue weighted by atomic mass is 9.74. The molecule has 0 spiro atoms. The summed E-state index contributed by atoms with van der Waals surface area (Å²) in [5.74, 6) is -1.70. The van der Waals surface area contributed by atoms with Crippen molar-refractivity contribution in [1.82, 2.24) is 4.90 Å². The van der Waals surface area contributed by atoms with Crippen LogP contribution in [0.2, 0.25) is 0 Å². The molecule has 0 aromatic carbocycles. The number of aliphatic imine (C=N–C) groups is 1. The zero-order valence-electron chi connectivity index (χ0n) is 14.4. The Hall–Kier alpha value is -1.86. The molecule has 6 nitrogen and oxygen atoms in total. The molecular weight excluding hydrogens is 376 g/mol. The maximum Gasteiger partial charge on any atom is 0.330 e. The Labute approximate surface area is 160 Å². The van der Waals surface area contributed by atoms with Crippen LogP contribution in [0, 0.1) is 5.41 Å². The van der Waals surface area contributed by atoms with Gasteiger partial charge in [0.05, 0.1) is 6.54 Å². The van der Waals surface area contributed by atoms with Gasteiger partial charge in [-0.1, -0.05) is 36.7 Å². The molecule has 0 saturated heterocycles. The van der Waals surface area contributed by atoms with Gasteiger partial charge in [0, 0.05) is 11.3 Å². The fourth-order valence-electron chi connectivity index (χ4n) is 3.77. The van der Waals surface area contributed by atoms with Crippen molar-refractivity contribution >= 4 is 40.7 Å². The topological polar surface area (TPSA) is 90.2 Å². The van der Waals surface area contributed by atoms with Gasteiger partial charge in [-0.25, -0.2) is 9.79 Å². The molecule has 2 aliphatic rings. The van der Waals surface area contributed by atoms with Crippen molar-refractivity contribution in [2.24, 2.45) is 10.4 Å². The van der Waals surface area contributed by atoms with Crippen LogP contribution in [0.1, 0.15) is 37.5 Å². The summed E-state index contributed by atoms with van der Waals surface area (Å²) >= 11 is 8.35. The highest BCUT2D eigenvalue weighted by atomic mass is 35.5. The number of amidine groups is 1. The first-order chi connectivity index (χ1) is 12.4. The van der Waals surface area contributed by atoms with Crippen LogP contribution >= 0.6 is 22.9 Å². The van der Waals surface area contributed by atoms with Gasteiger partial charge in [0.25, 0.3) is 0 Å².